The topological polar surface area (TPSA) is 68.7 Å². The average Bonchev–Trinajstić information content (AvgIpc) is 2.68. The highest BCUT2D eigenvalue weighted by atomic mass is 16.3. The Morgan fingerprint density at radius 2 is 2.12 bits per heavy atom. The van der Waals surface area contributed by atoms with Crippen molar-refractivity contribution in [1.82, 2.24) is 20.1 Å². The van der Waals surface area contributed by atoms with Crippen LogP contribution >= 0.6 is 0 Å². The van der Waals surface area contributed by atoms with Crippen LogP contribution in [0.25, 0.3) is 0 Å². The van der Waals surface area contributed by atoms with Crippen molar-refractivity contribution >= 4 is 5.91 Å². The molecule has 0 aromatic carbocycles. The second-order valence-electron chi connectivity index (χ2n) is 7.21. The molecular weight excluding hydrogens is 316 g/mol. The molecule has 0 bridgehead atoms. The number of hydrogen-bond donors (Lipinski definition) is 2. The van der Waals surface area contributed by atoms with E-state index in [0.717, 1.165) is 64.0 Å². The van der Waals surface area contributed by atoms with Crippen molar-refractivity contribution in [2.75, 3.05) is 39.3 Å². The number of amides is 1. The molecule has 0 saturated carbocycles. The summed E-state index contributed by atoms with van der Waals surface area (Å²) in [6, 6.07) is 4.47. The highest BCUT2D eigenvalue weighted by Gasteiger charge is 2.31. The molecule has 2 N–H and O–H groups in total. The minimum Gasteiger partial charge on any atom is -0.395 e. The molecule has 6 heteroatoms. The lowest BCUT2D eigenvalue weighted by Crippen LogP contribution is -2.51. The molecule has 25 heavy (non-hydrogen) atoms. The first-order valence-corrected chi connectivity index (χ1v) is 9.50. The van der Waals surface area contributed by atoms with E-state index < -0.39 is 0 Å². The number of β-amino-alcohol motifs (C(OH)–C–C–N with tert-alkyl or cyclic N) is 1. The van der Waals surface area contributed by atoms with Gasteiger partial charge in [-0.05, 0) is 56.9 Å². The lowest BCUT2D eigenvalue weighted by atomic mass is 9.93. The van der Waals surface area contributed by atoms with E-state index in [-0.39, 0.29) is 18.4 Å². The lowest BCUT2D eigenvalue weighted by Gasteiger charge is -2.42. The van der Waals surface area contributed by atoms with E-state index in [1.165, 1.54) is 0 Å². The van der Waals surface area contributed by atoms with Gasteiger partial charge in [0, 0.05) is 38.1 Å². The number of carbonyl (C=O) groups is 1. The SMILES string of the molecule is O=C(NCc1cccnc1)C1CCCN(C2CCN(CCO)CC2)C1. The van der Waals surface area contributed by atoms with E-state index in [0.29, 0.717) is 12.6 Å². The Balaban J connectivity index is 1.45. The third-order valence-corrected chi connectivity index (χ3v) is 5.50. The van der Waals surface area contributed by atoms with E-state index in [1.54, 1.807) is 12.4 Å². The van der Waals surface area contributed by atoms with Gasteiger partial charge in [0.25, 0.3) is 0 Å². The molecule has 6 nitrogen and oxygen atoms in total. The van der Waals surface area contributed by atoms with Gasteiger partial charge in [-0.2, -0.15) is 0 Å². The van der Waals surface area contributed by atoms with Crippen LogP contribution in [0.2, 0.25) is 0 Å². The van der Waals surface area contributed by atoms with E-state index >= 15 is 0 Å². The minimum absolute atomic E-state index is 0.0980. The van der Waals surface area contributed by atoms with Crippen molar-refractivity contribution in [2.24, 2.45) is 5.92 Å². The maximum Gasteiger partial charge on any atom is 0.224 e. The highest BCUT2D eigenvalue weighted by molar-refractivity contribution is 5.78. The summed E-state index contributed by atoms with van der Waals surface area (Å²) >= 11 is 0. The van der Waals surface area contributed by atoms with Gasteiger partial charge in [-0.15, -0.1) is 0 Å². The van der Waals surface area contributed by atoms with Crippen LogP contribution in [0.5, 0.6) is 0 Å². The summed E-state index contributed by atoms with van der Waals surface area (Å²) in [7, 11) is 0. The van der Waals surface area contributed by atoms with Crippen LogP contribution in [0.1, 0.15) is 31.2 Å². The van der Waals surface area contributed by atoms with Crippen LogP contribution in [0.15, 0.2) is 24.5 Å². The van der Waals surface area contributed by atoms with Gasteiger partial charge in [-0.3, -0.25) is 14.7 Å². The van der Waals surface area contributed by atoms with Crippen molar-refractivity contribution in [3.63, 3.8) is 0 Å². The monoisotopic (exact) mass is 346 g/mol. The van der Waals surface area contributed by atoms with Gasteiger partial charge in [-0.25, -0.2) is 0 Å². The normalized spacial score (nSPS) is 23.5. The second kappa shape index (κ2) is 9.27. The van der Waals surface area contributed by atoms with Gasteiger partial charge >= 0.3 is 0 Å². The van der Waals surface area contributed by atoms with Gasteiger partial charge in [0.2, 0.25) is 5.91 Å². The van der Waals surface area contributed by atoms with Crippen molar-refractivity contribution in [1.29, 1.82) is 0 Å². The van der Waals surface area contributed by atoms with Crippen LogP contribution < -0.4 is 5.32 Å². The molecule has 3 rings (SSSR count). The Kier molecular flexibility index (Phi) is 6.78. The third-order valence-electron chi connectivity index (χ3n) is 5.50. The Morgan fingerprint density at radius 1 is 1.28 bits per heavy atom. The van der Waals surface area contributed by atoms with Crippen molar-refractivity contribution in [3.8, 4) is 0 Å². The first-order valence-electron chi connectivity index (χ1n) is 9.50. The van der Waals surface area contributed by atoms with Crippen LogP contribution in [0.3, 0.4) is 0 Å². The summed E-state index contributed by atoms with van der Waals surface area (Å²) in [5.74, 6) is 0.271. The van der Waals surface area contributed by atoms with E-state index in [2.05, 4.69) is 20.1 Å². The standard InChI is InChI=1S/C19H30N4O2/c24-12-11-22-9-5-18(6-10-22)23-8-2-4-17(15-23)19(25)21-14-16-3-1-7-20-13-16/h1,3,7,13,17-18,24H,2,4-6,8-12,14-15H2,(H,21,25). The number of aromatic nitrogens is 1. The molecule has 2 aliphatic heterocycles. The third kappa shape index (κ3) is 5.23. The number of pyridine rings is 1. The van der Waals surface area contributed by atoms with Crippen molar-refractivity contribution in [2.45, 2.75) is 38.3 Å². The molecule has 3 heterocycles. The van der Waals surface area contributed by atoms with Crippen LogP contribution in [0, 0.1) is 5.92 Å². The Hall–Kier alpha value is -1.50. The average molecular weight is 346 g/mol. The quantitative estimate of drug-likeness (QED) is 0.800. The summed E-state index contributed by atoms with van der Waals surface area (Å²) in [5.41, 5.74) is 1.04. The molecule has 138 valence electrons. The molecule has 2 aliphatic rings. The van der Waals surface area contributed by atoms with Crippen LogP contribution in [0.4, 0.5) is 0 Å². The van der Waals surface area contributed by atoms with Crippen LogP contribution in [-0.4, -0.2) is 71.2 Å². The van der Waals surface area contributed by atoms with E-state index in [4.69, 9.17) is 5.11 Å². The van der Waals surface area contributed by atoms with Gasteiger partial charge in [0.15, 0.2) is 0 Å². The molecule has 1 amide bonds. The number of likely N-dealkylation sites (tertiary alicyclic amines) is 2. The predicted molar refractivity (Wildman–Crippen MR) is 96.9 cm³/mol. The number of rotatable bonds is 6. The van der Waals surface area contributed by atoms with Crippen molar-refractivity contribution < 1.29 is 9.90 Å². The summed E-state index contributed by atoms with van der Waals surface area (Å²) in [6.45, 7) is 5.68. The number of aliphatic hydroxyl groups is 1. The molecule has 1 aromatic heterocycles. The molecule has 0 radical (unpaired) electrons. The molecule has 1 unspecified atom stereocenters. The zero-order chi connectivity index (χ0) is 17.5. The molecule has 2 fully saturated rings. The smallest absolute Gasteiger partial charge is 0.224 e. The molecular formula is C19H30N4O2. The first-order chi connectivity index (χ1) is 12.3. The highest BCUT2D eigenvalue weighted by Crippen LogP contribution is 2.24. The second-order valence-corrected chi connectivity index (χ2v) is 7.21. The lowest BCUT2D eigenvalue weighted by molar-refractivity contribution is -0.127. The molecule has 1 aromatic rings. The number of piperidine rings is 2. The van der Waals surface area contributed by atoms with E-state index in [1.807, 2.05) is 12.1 Å². The van der Waals surface area contributed by atoms with Gasteiger partial charge < -0.3 is 15.3 Å². The number of nitrogens with one attached hydrogen (secondary N) is 1. The van der Waals surface area contributed by atoms with Gasteiger partial charge in [0.1, 0.15) is 0 Å². The fraction of sp³-hybridized carbons (Fsp3) is 0.684. The predicted octanol–water partition coefficient (Wildman–Crippen LogP) is 0.866. The fourth-order valence-electron chi connectivity index (χ4n) is 4.04. The van der Waals surface area contributed by atoms with Gasteiger partial charge in [0.05, 0.1) is 12.5 Å². The zero-order valence-corrected chi connectivity index (χ0v) is 14.9. The van der Waals surface area contributed by atoms with Gasteiger partial charge in [-0.1, -0.05) is 6.07 Å². The maximum absolute atomic E-state index is 12.5. The maximum atomic E-state index is 12.5. The summed E-state index contributed by atoms with van der Waals surface area (Å²) in [6.07, 6.45) is 7.92. The van der Waals surface area contributed by atoms with Crippen molar-refractivity contribution in [3.05, 3.63) is 30.1 Å². The molecule has 0 aliphatic carbocycles. The zero-order valence-electron chi connectivity index (χ0n) is 14.9. The Bertz CT molecular complexity index is 531. The molecule has 1 atom stereocenters. The number of aliphatic hydroxyl groups excluding tert-OH is 1. The fourth-order valence-corrected chi connectivity index (χ4v) is 4.04. The minimum atomic E-state index is 0.0980. The summed E-state index contributed by atoms with van der Waals surface area (Å²) in [4.78, 5) is 21.5. The number of nitrogens with zero attached hydrogens (tertiary/aromatic N) is 3. The number of carbonyl (C=O) groups excluding carboxylic acids is 1. The first kappa shape index (κ1) is 18.3. The Labute approximate surface area is 150 Å². The van der Waals surface area contributed by atoms with E-state index in [9.17, 15) is 4.79 Å². The summed E-state index contributed by atoms with van der Waals surface area (Å²) < 4.78 is 0. The van der Waals surface area contributed by atoms with Crippen LogP contribution in [-0.2, 0) is 11.3 Å². The summed E-state index contributed by atoms with van der Waals surface area (Å²) in [5, 5.41) is 12.1. The molecule has 2 saturated heterocycles. The Morgan fingerprint density at radius 3 is 2.84 bits per heavy atom. The molecule has 0 spiro atoms. The largest absolute Gasteiger partial charge is 0.395 e. The number of hydrogen-bond acceptors (Lipinski definition) is 5.